The predicted molar refractivity (Wildman–Crippen MR) is 50.3 cm³/mol. The van der Waals surface area contributed by atoms with Gasteiger partial charge in [-0.2, -0.15) is 18.4 Å². The smallest absolute Gasteiger partial charge is 0.418 e. The lowest BCUT2D eigenvalue weighted by Gasteiger charge is -2.13. The molecule has 9 heteroatoms. The first kappa shape index (κ1) is 14.8. The van der Waals surface area contributed by atoms with E-state index in [1.165, 1.54) is 6.07 Å². The summed E-state index contributed by atoms with van der Waals surface area (Å²) >= 11 is 0. The van der Waals surface area contributed by atoms with Crippen LogP contribution in [-0.2, 0) is 10.9 Å². The SMILES string of the molecule is COC(=O)c1nc(C(F)F)c(C#N)cc1C(F)(F)F. The third-order valence-corrected chi connectivity index (χ3v) is 2.06. The molecule has 0 radical (unpaired) electrons. The van der Waals surface area contributed by atoms with E-state index < -0.39 is 41.1 Å². The summed E-state index contributed by atoms with van der Waals surface area (Å²) in [6.45, 7) is 0. The van der Waals surface area contributed by atoms with E-state index in [1.807, 2.05) is 0 Å². The topological polar surface area (TPSA) is 63.0 Å². The highest BCUT2D eigenvalue weighted by Gasteiger charge is 2.38. The molecule has 0 unspecified atom stereocenters. The number of carbonyl (C=O) groups excluding carboxylic acids is 1. The zero-order valence-electron chi connectivity index (χ0n) is 9.26. The van der Waals surface area contributed by atoms with Gasteiger partial charge in [0.1, 0.15) is 11.8 Å². The molecule has 0 aliphatic rings. The number of methoxy groups -OCH3 is 1. The van der Waals surface area contributed by atoms with Gasteiger partial charge in [-0.1, -0.05) is 0 Å². The highest BCUT2D eigenvalue weighted by atomic mass is 19.4. The fourth-order valence-corrected chi connectivity index (χ4v) is 1.25. The maximum atomic E-state index is 12.6. The second kappa shape index (κ2) is 5.17. The molecular formula is C10H5F5N2O2. The van der Waals surface area contributed by atoms with Crippen molar-refractivity contribution in [3.8, 4) is 6.07 Å². The maximum absolute atomic E-state index is 12.6. The Kier molecular flexibility index (Phi) is 4.04. The molecule has 1 heterocycles. The van der Waals surface area contributed by atoms with Gasteiger partial charge in [-0.05, 0) is 6.07 Å². The van der Waals surface area contributed by atoms with Crippen LogP contribution in [0.1, 0.15) is 33.7 Å². The first-order valence-corrected chi connectivity index (χ1v) is 4.61. The van der Waals surface area contributed by atoms with Crippen molar-refractivity contribution in [3.63, 3.8) is 0 Å². The van der Waals surface area contributed by atoms with E-state index in [0.29, 0.717) is 0 Å². The van der Waals surface area contributed by atoms with Crippen LogP contribution in [0.15, 0.2) is 6.07 Å². The van der Waals surface area contributed by atoms with Crippen LogP contribution in [0.2, 0.25) is 0 Å². The van der Waals surface area contributed by atoms with E-state index in [-0.39, 0.29) is 6.07 Å². The van der Waals surface area contributed by atoms with Crippen molar-refractivity contribution in [2.45, 2.75) is 12.6 Å². The Labute approximate surface area is 103 Å². The van der Waals surface area contributed by atoms with Crippen LogP contribution in [0.3, 0.4) is 0 Å². The number of aromatic nitrogens is 1. The van der Waals surface area contributed by atoms with Gasteiger partial charge in [0.15, 0.2) is 5.69 Å². The van der Waals surface area contributed by atoms with Gasteiger partial charge in [0.05, 0.1) is 18.2 Å². The van der Waals surface area contributed by atoms with Crippen molar-refractivity contribution in [2.75, 3.05) is 7.11 Å². The predicted octanol–water partition coefficient (Wildman–Crippen LogP) is 2.70. The standard InChI is InChI=1S/C10H5F5N2O2/c1-19-9(18)7-5(10(13,14)15)2-4(3-16)6(17-7)8(11)12/h2,8H,1H3. The molecule has 0 saturated heterocycles. The first-order chi connectivity index (χ1) is 8.72. The summed E-state index contributed by atoms with van der Waals surface area (Å²) in [6.07, 6.45) is -8.32. The van der Waals surface area contributed by atoms with Crippen molar-refractivity contribution in [1.29, 1.82) is 5.26 Å². The Hall–Kier alpha value is -2.24. The number of hydrogen-bond acceptors (Lipinski definition) is 4. The summed E-state index contributed by atoms with van der Waals surface area (Å²) in [5.74, 6) is -1.52. The molecule has 1 aromatic heterocycles. The summed E-state index contributed by atoms with van der Waals surface area (Å²) in [5, 5.41) is 8.54. The van der Waals surface area contributed by atoms with E-state index in [2.05, 4.69) is 9.72 Å². The summed E-state index contributed by atoms with van der Waals surface area (Å²) in [6, 6.07) is 1.33. The van der Waals surface area contributed by atoms with Crippen LogP contribution in [-0.4, -0.2) is 18.1 Å². The number of alkyl halides is 5. The fraction of sp³-hybridized carbons (Fsp3) is 0.300. The van der Waals surface area contributed by atoms with Crippen LogP contribution in [0.5, 0.6) is 0 Å². The average Bonchev–Trinajstić information content (AvgIpc) is 2.34. The second-order valence-corrected chi connectivity index (χ2v) is 3.22. The lowest BCUT2D eigenvalue weighted by Crippen LogP contribution is -2.18. The molecule has 4 nitrogen and oxygen atoms in total. The Morgan fingerprint density at radius 3 is 2.42 bits per heavy atom. The van der Waals surface area contributed by atoms with E-state index >= 15 is 0 Å². The number of nitriles is 1. The van der Waals surface area contributed by atoms with Crippen LogP contribution >= 0.6 is 0 Å². The van der Waals surface area contributed by atoms with Gasteiger partial charge < -0.3 is 4.74 Å². The lowest BCUT2D eigenvalue weighted by atomic mass is 10.1. The quantitative estimate of drug-likeness (QED) is 0.617. The molecular weight excluding hydrogens is 275 g/mol. The van der Waals surface area contributed by atoms with Gasteiger partial charge >= 0.3 is 12.1 Å². The molecule has 0 N–H and O–H groups in total. The summed E-state index contributed by atoms with van der Waals surface area (Å²) < 4.78 is 67.1. The molecule has 102 valence electrons. The minimum atomic E-state index is -5.03. The number of halogens is 5. The molecule has 1 aromatic rings. The third-order valence-electron chi connectivity index (χ3n) is 2.06. The summed E-state index contributed by atoms with van der Waals surface area (Å²) in [7, 11) is 0.782. The molecule has 0 aliphatic carbocycles. The molecule has 0 spiro atoms. The number of pyridine rings is 1. The molecule has 0 aliphatic heterocycles. The van der Waals surface area contributed by atoms with Crippen LogP contribution in [0.25, 0.3) is 0 Å². The van der Waals surface area contributed by atoms with Gasteiger partial charge in [0, 0.05) is 0 Å². The maximum Gasteiger partial charge on any atom is 0.418 e. The van der Waals surface area contributed by atoms with Gasteiger partial charge in [0.2, 0.25) is 0 Å². The number of hydrogen-bond donors (Lipinski definition) is 0. The highest BCUT2D eigenvalue weighted by molar-refractivity contribution is 5.89. The fourth-order valence-electron chi connectivity index (χ4n) is 1.25. The molecule has 0 atom stereocenters. The number of rotatable bonds is 2. The average molecular weight is 280 g/mol. The Morgan fingerprint density at radius 2 is 2.05 bits per heavy atom. The van der Waals surface area contributed by atoms with E-state index in [1.54, 1.807) is 0 Å². The van der Waals surface area contributed by atoms with E-state index in [9.17, 15) is 26.7 Å². The van der Waals surface area contributed by atoms with Crippen molar-refractivity contribution >= 4 is 5.97 Å². The molecule has 0 fully saturated rings. The van der Waals surface area contributed by atoms with Gasteiger partial charge in [-0.25, -0.2) is 18.6 Å². The van der Waals surface area contributed by atoms with Gasteiger partial charge in [0.25, 0.3) is 6.43 Å². The summed E-state index contributed by atoms with van der Waals surface area (Å²) in [5.41, 5.74) is -5.05. The van der Waals surface area contributed by atoms with Crippen molar-refractivity contribution in [3.05, 3.63) is 28.6 Å². The molecule has 0 amide bonds. The zero-order valence-corrected chi connectivity index (χ0v) is 9.26. The third kappa shape index (κ3) is 2.96. The summed E-state index contributed by atoms with van der Waals surface area (Å²) in [4.78, 5) is 14.1. The zero-order chi connectivity index (χ0) is 14.8. The van der Waals surface area contributed by atoms with Crippen molar-refractivity contribution in [2.24, 2.45) is 0 Å². The molecule has 0 saturated carbocycles. The molecule has 0 aromatic carbocycles. The van der Waals surface area contributed by atoms with Gasteiger partial charge in [-0.15, -0.1) is 0 Å². The van der Waals surface area contributed by atoms with Crippen LogP contribution in [0, 0.1) is 11.3 Å². The number of nitrogens with zero attached hydrogens (tertiary/aromatic N) is 2. The minimum absolute atomic E-state index is 0.154. The van der Waals surface area contributed by atoms with E-state index in [0.717, 1.165) is 7.11 Å². The molecule has 1 rings (SSSR count). The largest absolute Gasteiger partial charge is 0.464 e. The van der Waals surface area contributed by atoms with Gasteiger partial charge in [-0.3, -0.25) is 0 Å². The Bertz CT molecular complexity index is 548. The number of esters is 1. The Balaban J connectivity index is 3.64. The monoisotopic (exact) mass is 280 g/mol. The van der Waals surface area contributed by atoms with Crippen molar-refractivity contribution in [1.82, 2.24) is 4.98 Å². The lowest BCUT2D eigenvalue weighted by molar-refractivity contribution is -0.138. The number of ether oxygens (including phenoxy) is 1. The van der Waals surface area contributed by atoms with Crippen LogP contribution < -0.4 is 0 Å². The second-order valence-electron chi connectivity index (χ2n) is 3.22. The first-order valence-electron chi connectivity index (χ1n) is 4.61. The Morgan fingerprint density at radius 1 is 1.47 bits per heavy atom. The van der Waals surface area contributed by atoms with Crippen LogP contribution in [0.4, 0.5) is 22.0 Å². The molecule has 0 bridgehead atoms. The minimum Gasteiger partial charge on any atom is -0.464 e. The highest BCUT2D eigenvalue weighted by Crippen LogP contribution is 2.34. The van der Waals surface area contributed by atoms with E-state index in [4.69, 9.17) is 5.26 Å². The van der Waals surface area contributed by atoms with Crippen molar-refractivity contribution < 1.29 is 31.5 Å². The molecule has 19 heavy (non-hydrogen) atoms. The normalized spacial score (nSPS) is 11.3. The number of carbonyl (C=O) groups is 1.